The second-order valence-electron chi connectivity index (χ2n) is 4.93. The number of H-pyrrole nitrogens is 1. The lowest BCUT2D eigenvalue weighted by Gasteiger charge is -2.27. The molecule has 1 aromatic carbocycles. The van der Waals surface area contributed by atoms with E-state index in [9.17, 15) is 0 Å². The van der Waals surface area contributed by atoms with Crippen molar-refractivity contribution in [2.45, 2.75) is 26.2 Å². The van der Waals surface area contributed by atoms with E-state index in [1.165, 1.54) is 25.1 Å². The van der Waals surface area contributed by atoms with Crippen molar-refractivity contribution in [1.29, 1.82) is 0 Å². The first-order chi connectivity index (χ1) is 8.84. The van der Waals surface area contributed by atoms with Crippen LogP contribution in [0.2, 0.25) is 0 Å². The molecule has 2 aromatic rings. The van der Waals surface area contributed by atoms with E-state index in [0.29, 0.717) is 0 Å². The summed E-state index contributed by atoms with van der Waals surface area (Å²) in [6.45, 7) is 4.39. The lowest BCUT2D eigenvalue weighted by molar-refractivity contribution is 0.573. The number of aromatic amines is 1. The Balaban J connectivity index is 1.91. The van der Waals surface area contributed by atoms with Crippen molar-refractivity contribution in [3.8, 4) is 11.4 Å². The predicted molar refractivity (Wildman–Crippen MR) is 74.8 cm³/mol. The second-order valence-corrected chi connectivity index (χ2v) is 4.93. The summed E-state index contributed by atoms with van der Waals surface area (Å²) in [5.74, 6) is 2.18. The number of anilines is 1. The van der Waals surface area contributed by atoms with Crippen LogP contribution in [0.1, 0.15) is 25.0 Å². The maximum atomic E-state index is 4.66. The van der Waals surface area contributed by atoms with Crippen LogP contribution in [-0.4, -0.2) is 23.1 Å². The maximum absolute atomic E-state index is 4.66. The number of hydrogen-bond donors (Lipinski definition) is 1. The van der Waals surface area contributed by atoms with Crippen LogP contribution in [0.25, 0.3) is 11.4 Å². The van der Waals surface area contributed by atoms with Crippen molar-refractivity contribution in [1.82, 2.24) is 9.97 Å². The van der Waals surface area contributed by atoms with E-state index >= 15 is 0 Å². The highest BCUT2D eigenvalue weighted by Crippen LogP contribution is 2.25. The van der Waals surface area contributed by atoms with Gasteiger partial charge in [-0.05, 0) is 26.2 Å². The Kier molecular flexibility index (Phi) is 3.05. The first-order valence-corrected chi connectivity index (χ1v) is 6.71. The van der Waals surface area contributed by atoms with Crippen LogP contribution in [0.5, 0.6) is 0 Å². The molecule has 0 radical (unpaired) electrons. The molecule has 0 bridgehead atoms. The van der Waals surface area contributed by atoms with Crippen molar-refractivity contribution in [2.24, 2.45) is 0 Å². The molecule has 0 spiro atoms. The summed E-state index contributed by atoms with van der Waals surface area (Å²) in [5, 5.41) is 0. The zero-order chi connectivity index (χ0) is 12.4. The van der Waals surface area contributed by atoms with Gasteiger partial charge in [-0.1, -0.05) is 30.3 Å². The van der Waals surface area contributed by atoms with E-state index in [0.717, 1.165) is 30.2 Å². The first-order valence-electron chi connectivity index (χ1n) is 6.71. The minimum absolute atomic E-state index is 0.980. The van der Waals surface area contributed by atoms with Gasteiger partial charge in [-0.15, -0.1) is 0 Å². The third kappa shape index (κ3) is 2.13. The standard InChI is InChI=1S/C15H19N3/c1-12-15(18-10-6-3-7-11-18)17-14(16-12)13-8-4-2-5-9-13/h2,4-5,8-9H,3,6-7,10-11H2,1H3,(H,16,17). The van der Waals surface area contributed by atoms with Gasteiger partial charge in [0.25, 0.3) is 0 Å². The molecule has 3 rings (SSSR count). The van der Waals surface area contributed by atoms with Crippen molar-refractivity contribution < 1.29 is 0 Å². The summed E-state index contributed by atoms with van der Waals surface area (Å²) in [4.78, 5) is 10.6. The number of rotatable bonds is 2. The zero-order valence-corrected chi connectivity index (χ0v) is 10.8. The summed E-state index contributed by atoms with van der Waals surface area (Å²) < 4.78 is 0. The predicted octanol–water partition coefficient (Wildman–Crippen LogP) is 3.38. The van der Waals surface area contributed by atoms with Crippen molar-refractivity contribution in [3.05, 3.63) is 36.0 Å². The molecule has 1 saturated heterocycles. The van der Waals surface area contributed by atoms with Gasteiger partial charge in [-0.3, -0.25) is 0 Å². The lowest BCUT2D eigenvalue weighted by atomic mass is 10.1. The Hall–Kier alpha value is -1.77. The Morgan fingerprint density at radius 1 is 1.06 bits per heavy atom. The van der Waals surface area contributed by atoms with Crippen molar-refractivity contribution >= 4 is 5.82 Å². The van der Waals surface area contributed by atoms with Crippen LogP contribution in [0, 0.1) is 6.92 Å². The molecule has 3 nitrogen and oxygen atoms in total. The van der Waals surface area contributed by atoms with E-state index in [-0.39, 0.29) is 0 Å². The van der Waals surface area contributed by atoms with E-state index in [1.54, 1.807) is 0 Å². The molecule has 94 valence electrons. The summed E-state index contributed by atoms with van der Waals surface area (Å²) in [7, 11) is 0. The van der Waals surface area contributed by atoms with Gasteiger partial charge in [0.05, 0.1) is 5.69 Å². The molecule has 0 saturated carbocycles. The number of nitrogens with one attached hydrogen (secondary N) is 1. The van der Waals surface area contributed by atoms with Gasteiger partial charge in [-0.2, -0.15) is 0 Å². The smallest absolute Gasteiger partial charge is 0.139 e. The SMILES string of the molecule is Cc1nc(-c2ccccc2)[nH]c1N1CCCCC1. The highest BCUT2D eigenvalue weighted by molar-refractivity contribution is 5.60. The van der Waals surface area contributed by atoms with Crippen LogP contribution >= 0.6 is 0 Å². The number of aromatic nitrogens is 2. The van der Waals surface area contributed by atoms with Gasteiger partial charge < -0.3 is 9.88 Å². The van der Waals surface area contributed by atoms with Gasteiger partial charge >= 0.3 is 0 Å². The number of aryl methyl sites for hydroxylation is 1. The molecule has 3 heteroatoms. The van der Waals surface area contributed by atoms with Gasteiger partial charge in [0.2, 0.25) is 0 Å². The molecule has 2 heterocycles. The fraction of sp³-hybridized carbons (Fsp3) is 0.400. The summed E-state index contributed by atoms with van der Waals surface area (Å²) in [6, 6.07) is 10.3. The van der Waals surface area contributed by atoms with Crippen LogP contribution in [0.4, 0.5) is 5.82 Å². The van der Waals surface area contributed by atoms with Crippen LogP contribution in [0.3, 0.4) is 0 Å². The number of piperidine rings is 1. The Morgan fingerprint density at radius 2 is 1.78 bits per heavy atom. The van der Waals surface area contributed by atoms with Crippen LogP contribution < -0.4 is 4.90 Å². The van der Waals surface area contributed by atoms with Crippen molar-refractivity contribution in [3.63, 3.8) is 0 Å². The molecule has 0 amide bonds. The number of benzene rings is 1. The average Bonchev–Trinajstić information content (AvgIpc) is 2.83. The highest BCUT2D eigenvalue weighted by atomic mass is 15.2. The Morgan fingerprint density at radius 3 is 2.50 bits per heavy atom. The third-order valence-electron chi connectivity index (χ3n) is 3.58. The lowest BCUT2D eigenvalue weighted by Crippen LogP contribution is -2.30. The van der Waals surface area contributed by atoms with Gasteiger partial charge in [0.15, 0.2) is 0 Å². The number of nitrogens with zero attached hydrogens (tertiary/aromatic N) is 2. The van der Waals surface area contributed by atoms with Crippen molar-refractivity contribution in [2.75, 3.05) is 18.0 Å². The molecule has 18 heavy (non-hydrogen) atoms. The maximum Gasteiger partial charge on any atom is 0.139 e. The molecule has 1 aromatic heterocycles. The largest absolute Gasteiger partial charge is 0.357 e. The fourth-order valence-electron chi connectivity index (χ4n) is 2.61. The fourth-order valence-corrected chi connectivity index (χ4v) is 2.61. The first kappa shape index (κ1) is 11.3. The average molecular weight is 241 g/mol. The van der Waals surface area contributed by atoms with Gasteiger partial charge in [0, 0.05) is 18.7 Å². The summed E-state index contributed by atoms with van der Waals surface area (Å²) in [5.41, 5.74) is 2.26. The monoisotopic (exact) mass is 241 g/mol. The van der Waals surface area contributed by atoms with E-state index < -0.39 is 0 Å². The molecule has 0 unspecified atom stereocenters. The topological polar surface area (TPSA) is 31.9 Å². The number of hydrogen-bond acceptors (Lipinski definition) is 2. The van der Waals surface area contributed by atoms with Gasteiger partial charge in [-0.25, -0.2) is 4.98 Å². The quantitative estimate of drug-likeness (QED) is 0.874. The third-order valence-corrected chi connectivity index (χ3v) is 3.58. The highest BCUT2D eigenvalue weighted by Gasteiger charge is 2.16. The minimum atomic E-state index is 0.980. The van der Waals surface area contributed by atoms with E-state index in [2.05, 4.69) is 33.9 Å². The summed E-state index contributed by atoms with van der Waals surface area (Å²) >= 11 is 0. The zero-order valence-electron chi connectivity index (χ0n) is 10.8. The Bertz CT molecular complexity index is 510. The van der Waals surface area contributed by atoms with Crippen LogP contribution in [-0.2, 0) is 0 Å². The van der Waals surface area contributed by atoms with E-state index in [1.807, 2.05) is 18.2 Å². The Labute approximate surface area is 108 Å². The molecular formula is C15H19N3. The minimum Gasteiger partial charge on any atom is -0.357 e. The van der Waals surface area contributed by atoms with Crippen LogP contribution in [0.15, 0.2) is 30.3 Å². The molecular weight excluding hydrogens is 222 g/mol. The molecule has 0 atom stereocenters. The molecule has 0 aliphatic carbocycles. The van der Waals surface area contributed by atoms with E-state index in [4.69, 9.17) is 0 Å². The molecule has 1 N–H and O–H groups in total. The van der Waals surface area contributed by atoms with Gasteiger partial charge in [0.1, 0.15) is 11.6 Å². The normalized spacial score (nSPS) is 15.9. The molecule has 1 aliphatic rings. The molecule has 1 fully saturated rings. The second kappa shape index (κ2) is 4.84. The number of imidazole rings is 1. The summed E-state index contributed by atoms with van der Waals surface area (Å²) in [6.07, 6.45) is 3.94. The molecule has 1 aliphatic heterocycles.